The Morgan fingerprint density at radius 1 is 1.16 bits per heavy atom. The van der Waals surface area contributed by atoms with Gasteiger partial charge in [-0.15, -0.1) is 0 Å². The van der Waals surface area contributed by atoms with E-state index in [4.69, 9.17) is 9.72 Å². The molecule has 0 radical (unpaired) electrons. The number of hydrogen-bond acceptors (Lipinski definition) is 5. The van der Waals surface area contributed by atoms with Gasteiger partial charge in [0.1, 0.15) is 17.0 Å². The van der Waals surface area contributed by atoms with Gasteiger partial charge >= 0.3 is 0 Å². The Morgan fingerprint density at radius 2 is 1.94 bits per heavy atom. The van der Waals surface area contributed by atoms with Crippen LogP contribution < -0.4 is 10.3 Å². The Morgan fingerprint density at radius 3 is 2.75 bits per heavy atom. The summed E-state index contributed by atoms with van der Waals surface area (Å²) < 4.78 is 7.21. The van der Waals surface area contributed by atoms with Crippen LogP contribution in [0.2, 0.25) is 0 Å². The maximum absolute atomic E-state index is 12.8. The van der Waals surface area contributed by atoms with Gasteiger partial charge in [-0.1, -0.05) is 36.4 Å². The molecule has 1 amide bonds. The van der Waals surface area contributed by atoms with E-state index < -0.39 is 0 Å². The van der Waals surface area contributed by atoms with Crippen LogP contribution in [-0.2, 0) is 6.42 Å². The van der Waals surface area contributed by atoms with Crippen LogP contribution >= 0.6 is 0 Å². The molecule has 32 heavy (non-hydrogen) atoms. The Bertz CT molecular complexity index is 1330. The van der Waals surface area contributed by atoms with E-state index in [-0.39, 0.29) is 17.5 Å². The number of fused-ring (bicyclic) bond motifs is 1. The highest BCUT2D eigenvalue weighted by molar-refractivity contribution is 5.94. The molecule has 0 spiro atoms. The van der Waals surface area contributed by atoms with Gasteiger partial charge in [-0.3, -0.25) is 9.59 Å². The first-order chi connectivity index (χ1) is 15.6. The van der Waals surface area contributed by atoms with Crippen molar-refractivity contribution in [3.05, 3.63) is 88.1 Å². The highest BCUT2D eigenvalue weighted by atomic mass is 16.5. The molecule has 0 aliphatic carbocycles. The monoisotopic (exact) mass is 429 g/mol. The summed E-state index contributed by atoms with van der Waals surface area (Å²) >= 11 is 0. The largest absolute Gasteiger partial charge is 0.496 e. The molecule has 162 valence electrons. The molecule has 1 atom stereocenters. The summed E-state index contributed by atoms with van der Waals surface area (Å²) in [5.41, 5.74) is 1.93. The lowest BCUT2D eigenvalue weighted by atomic mass is 10.1. The van der Waals surface area contributed by atoms with Crippen molar-refractivity contribution < 1.29 is 9.53 Å². The highest BCUT2D eigenvalue weighted by Crippen LogP contribution is 2.26. The van der Waals surface area contributed by atoms with Crippen LogP contribution in [0.4, 0.5) is 0 Å². The van der Waals surface area contributed by atoms with Gasteiger partial charge in [0, 0.05) is 30.6 Å². The molecule has 8 heteroatoms. The van der Waals surface area contributed by atoms with E-state index in [0.717, 1.165) is 17.7 Å². The van der Waals surface area contributed by atoms with E-state index in [1.807, 2.05) is 59.5 Å². The normalized spacial score (nSPS) is 15.9. The summed E-state index contributed by atoms with van der Waals surface area (Å²) in [6.07, 6.45) is 2.74. The Kier molecular flexibility index (Phi) is 5.18. The lowest BCUT2D eigenvalue weighted by Crippen LogP contribution is -2.29. The van der Waals surface area contributed by atoms with Crippen molar-refractivity contribution >= 4 is 16.9 Å². The van der Waals surface area contributed by atoms with Crippen LogP contribution in [0.3, 0.4) is 0 Å². The number of methoxy groups -OCH3 is 1. The maximum atomic E-state index is 12.8. The predicted octanol–water partition coefficient (Wildman–Crippen LogP) is 2.81. The van der Waals surface area contributed by atoms with Gasteiger partial charge in [0.25, 0.3) is 11.5 Å². The number of carbonyl (C=O) groups is 1. The Balaban J connectivity index is 1.43. The number of carbonyl (C=O) groups excluding carboxylic acids is 1. The summed E-state index contributed by atoms with van der Waals surface area (Å²) in [6, 6.07) is 16.9. The van der Waals surface area contributed by atoms with Gasteiger partial charge < -0.3 is 14.6 Å². The third-order valence-electron chi connectivity index (χ3n) is 5.88. The van der Waals surface area contributed by atoms with Crippen LogP contribution in [0.1, 0.15) is 34.2 Å². The number of rotatable bonds is 5. The van der Waals surface area contributed by atoms with Crippen molar-refractivity contribution in [3.8, 4) is 5.75 Å². The van der Waals surface area contributed by atoms with Crippen molar-refractivity contribution in [3.63, 3.8) is 0 Å². The van der Waals surface area contributed by atoms with E-state index in [9.17, 15) is 9.59 Å². The molecule has 0 bridgehead atoms. The van der Waals surface area contributed by atoms with Crippen molar-refractivity contribution in [2.24, 2.45) is 0 Å². The van der Waals surface area contributed by atoms with Crippen LogP contribution in [0, 0.1) is 0 Å². The molecule has 5 rings (SSSR count). The van der Waals surface area contributed by atoms with Crippen LogP contribution in [0.25, 0.3) is 11.0 Å². The van der Waals surface area contributed by atoms with E-state index in [1.165, 1.54) is 0 Å². The number of likely N-dealkylation sites (tertiary alicyclic amines) is 1. The number of aromatic nitrogens is 4. The minimum absolute atomic E-state index is 0.00669. The fraction of sp³-hybridized carbons (Fsp3) is 0.250. The number of para-hydroxylation sites is 1. The first-order valence-corrected chi connectivity index (χ1v) is 10.6. The minimum atomic E-state index is -0.221. The molecule has 1 saturated heterocycles. The second kappa shape index (κ2) is 8.30. The molecule has 2 aromatic carbocycles. The second-order valence-electron chi connectivity index (χ2n) is 7.89. The smallest absolute Gasteiger partial charge is 0.262 e. The summed E-state index contributed by atoms with van der Waals surface area (Å²) in [4.78, 5) is 34.9. The third kappa shape index (κ3) is 3.64. The Labute approximate surface area is 184 Å². The second-order valence-corrected chi connectivity index (χ2v) is 7.89. The molecule has 8 nitrogen and oxygen atoms in total. The molecule has 4 aromatic rings. The number of ether oxygens (including phenoxy) is 1. The number of nitrogens with one attached hydrogen (secondary N) is 1. The molecule has 0 saturated carbocycles. The van der Waals surface area contributed by atoms with Gasteiger partial charge in [0.2, 0.25) is 0 Å². The lowest BCUT2D eigenvalue weighted by molar-refractivity contribution is 0.0787. The van der Waals surface area contributed by atoms with Gasteiger partial charge in [-0.05, 0) is 24.6 Å². The van der Waals surface area contributed by atoms with Gasteiger partial charge in [-0.25, -0.2) is 9.67 Å². The zero-order chi connectivity index (χ0) is 22.1. The van der Waals surface area contributed by atoms with Crippen molar-refractivity contribution in [2.75, 3.05) is 20.2 Å². The third-order valence-corrected chi connectivity index (χ3v) is 5.88. The summed E-state index contributed by atoms with van der Waals surface area (Å²) in [7, 11) is 1.62. The first-order valence-electron chi connectivity index (χ1n) is 10.6. The average Bonchev–Trinajstić information content (AvgIpc) is 3.47. The van der Waals surface area contributed by atoms with E-state index in [0.29, 0.717) is 41.9 Å². The number of H-pyrrole nitrogens is 1. The number of aromatic amines is 1. The van der Waals surface area contributed by atoms with Crippen LogP contribution in [0.15, 0.2) is 65.6 Å². The fourth-order valence-corrected chi connectivity index (χ4v) is 4.25. The molecule has 1 aliphatic heterocycles. The number of benzene rings is 2. The zero-order valence-electron chi connectivity index (χ0n) is 17.7. The number of amides is 1. The van der Waals surface area contributed by atoms with Crippen molar-refractivity contribution in [2.45, 2.75) is 18.9 Å². The summed E-state index contributed by atoms with van der Waals surface area (Å²) in [5, 5.41) is 4.90. The highest BCUT2D eigenvalue weighted by Gasteiger charge is 2.30. The maximum Gasteiger partial charge on any atom is 0.262 e. The summed E-state index contributed by atoms with van der Waals surface area (Å²) in [5.74, 6) is 1.30. The Hall–Kier alpha value is -3.94. The average molecular weight is 429 g/mol. The lowest BCUT2D eigenvalue weighted by Gasteiger charge is -2.17. The molecule has 1 N–H and O–H groups in total. The quantitative estimate of drug-likeness (QED) is 0.527. The molecule has 1 unspecified atom stereocenters. The molecular formula is C24H23N5O3. The number of hydrogen-bond donors (Lipinski definition) is 1. The van der Waals surface area contributed by atoms with Crippen molar-refractivity contribution in [1.82, 2.24) is 24.6 Å². The fourth-order valence-electron chi connectivity index (χ4n) is 4.25. The van der Waals surface area contributed by atoms with E-state index in [1.54, 1.807) is 18.0 Å². The van der Waals surface area contributed by atoms with Gasteiger partial charge in [0.15, 0.2) is 5.65 Å². The zero-order valence-corrected chi connectivity index (χ0v) is 17.7. The predicted molar refractivity (Wildman–Crippen MR) is 120 cm³/mol. The van der Waals surface area contributed by atoms with Gasteiger partial charge in [-0.2, -0.15) is 5.10 Å². The van der Waals surface area contributed by atoms with E-state index in [2.05, 4.69) is 10.1 Å². The molecule has 1 aliphatic rings. The molecule has 3 heterocycles. The standard InChI is InChI=1S/C24H23N5O3/c1-32-20-10-6-5-9-17(20)13-21-26-22-19(23(30)27-21)14-25-29(22)18-11-12-28(15-18)24(31)16-7-3-2-4-8-16/h2-10,14,18H,11-13,15H2,1H3,(H,26,27,30). The molecule has 2 aromatic heterocycles. The van der Waals surface area contributed by atoms with Crippen LogP contribution in [-0.4, -0.2) is 50.8 Å². The SMILES string of the molecule is COc1ccccc1Cc1nc2c(cnn2C2CCN(C(=O)c3ccccc3)C2)c(=O)[nH]1. The topological polar surface area (TPSA) is 93.1 Å². The first kappa shape index (κ1) is 20.0. The van der Waals surface area contributed by atoms with E-state index >= 15 is 0 Å². The number of nitrogens with zero attached hydrogens (tertiary/aromatic N) is 4. The molecular weight excluding hydrogens is 406 g/mol. The summed E-state index contributed by atoms with van der Waals surface area (Å²) in [6.45, 7) is 1.16. The van der Waals surface area contributed by atoms with Crippen LogP contribution in [0.5, 0.6) is 5.75 Å². The van der Waals surface area contributed by atoms with Crippen molar-refractivity contribution in [1.29, 1.82) is 0 Å². The molecule has 1 fully saturated rings. The minimum Gasteiger partial charge on any atom is -0.496 e. The van der Waals surface area contributed by atoms with Gasteiger partial charge in [0.05, 0.1) is 19.3 Å².